The molecule has 0 saturated carbocycles. The molecule has 7 heteroatoms. The smallest absolute Gasteiger partial charge is 0.338 e. The molecule has 2 aromatic carbocycles. The number of ether oxygens (including phenoxy) is 2. The number of carbonyl (C=O) groups is 2. The number of fused-ring (bicyclic) bond motifs is 2. The van der Waals surface area contributed by atoms with Crippen LogP contribution in [-0.2, 0) is 14.3 Å². The lowest BCUT2D eigenvalue weighted by molar-refractivity contribution is -0.137. The van der Waals surface area contributed by atoms with Crippen LogP contribution in [0.1, 0.15) is 10.4 Å². The van der Waals surface area contributed by atoms with Gasteiger partial charge in [0.25, 0.3) is 0 Å². The maximum absolute atomic E-state index is 13.0. The van der Waals surface area contributed by atoms with Gasteiger partial charge in [-0.25, -0.2) is 9.59 Å². The van der Waals surface area contributed by atoms with E-state index in [-0.39, 0.29) is 30.8 Å². The second-order valence-electron chi connectivity index (χ2n) is 6.23. The fourth-order valence-corrected chi connectivity index (χ4v) is 4.00. The Balaban J connectivity index is 1.70. The van der Waals surface area contributed by atoms with E-state index in [9.17, 15) is 14.4 Å². The molecule has 0 fully saturated rings. The van der Waals surface area contributed by atoms with Crippen LogP contribution in [0.4, 0.5) is 0 Å². The van der Waals surface area contributed by atoms with Crippen molar-refractivity contribution in [3.63, 3.8) is 0 Å². The maximum Gasteiger partial charge on any atom is 0.338 e. The van der Waals surface area contributed by atoms with Gasteiger partial charge >= 0.3 is 11.9 Å². The van der Waals surface area contributed by atoms with Gasteiger partial charge in [-0.1, -0.05) is 31.2 Å². The average molecular weight is 421 g/mol. The molecule has 3 rings (SSSR count). The summed E-state index contributed by atoms with van der Waals surface area (Å²) in [5.41, 5.74) is 0.0351. The molecule has 0 aliphatic heterocycles. The van der Waals surface area contributed by atoms with Crippen molar-refractivity contribution in [3.05, 3.63) is 70.9 Å². The van der Waals surface area contributed by atoms with Crippen LogP contribution in [0, 0.1) is 12.5 Å². The molecule has 0 aliphatic carbocycles. The van der Waals surface area contributed by atoms with E-state index >= 15 is 0 Å². The quantitative estimate of drug-likeness (QED) is 0.183. The van der Waals surface area contributed by atoms with Crippen LogP contribution in [-0.4, -0.2) is 43.1 Å². The molecule has 152 valence electrons. The molecule has 0 saturated heterocycles. The highest BCUT2D eigenvalue weighted by Crippen LogP contribution is 2.26. The van der Waals surface area contributed by atoms with E-state index in [0.717, 1.165) is 15.5 Å². The van der Waals surface area contributed by atoms with Gasteiger partial charge in [0.1, 0.15) is 13.2 Å². The number of terminal acetylenes is 1. The van der Waals surface area contributed by atoms with Crippen molar-refractivity contribution in [1.82, 2.24) is 4.90 Å². The summed E-state index contributed by atoms with van der Waals surface area (Å²) in [6.07, 6.45) is 6.50. The molecular formula is C23H19NO5S. The van der Waals surface area contributed by atoms with Gasteiger partial charge in [0.05, 0.1) is 24.0 Å². The van der Waals surface area contributed by atoms with E-state index in [1.165, 1.54) is 16.2 Å². The molecule has 0 radical (unpaired) electrons. The van der Waals surface area contributed by atoms with Gasteiger partial charge in [-0.15, -0.1) is 11.3 Å². The highest BCUT2D eigenvalue weighted by atomic mass is 32.1. The van der Waals surface area contributed by atoms with Gasteiger partial charge in [-0.3, -0.25) is 4.79 Å². The van der Waals surface area contributed by atoms with Gasteiger partial charge in [0, 0.05) is 26.9 Å². The Morgan fingerprint density at radius 2 is 1.77 bits per heavy atom. The third kappa shape index (κ3) is 4.67. The molecule has 1 aromatic heterocycles. The van der Waals surface area contributed by atoms with Crippen LogP contribution in [0.15, 0.2) is 59.9 Å². The second kappa shape index (κ2) is 9.72. The lowest BCUT2D eigenvalue weighted by atomic mass is 10.1. The Kier molecular flexibility index (Phi) is 6.83. The number of carbonyl (C=O) groups excluding carboxylic acids is 2. The molecule has 6 nitrogen and oxygen atoms in total. The molecule has 0 bridgehead atoms. The van der Waals surface area contributed by atoms with Gasteiger partial charge in [-0.05, 0) is 24.3 Å². The number of nitrogens with zero attached hydrogens (tertiary/aromatic N) is 1. The van der Waals surface area contributed by atoms with Crippen molar-refractivity contribution in [1.29, 1.82) is 0 Å². The fourth-order valence-electron chi connectivity index (χ4n) is 2.90. The normalized spacial score (nSPS) is 10.4. The molecule has 1 heterocycles. The van der Waals surface area contributed by atoms with E-state index in [4.69, 9.17) is 15.9 Å². The Hall–Kier alpha value is -3.63. The van der Waals surface area contributed by atoms with Crippen molar-refractivity contribution < 1.29 is 19.1 Å². The molecule has 0 N–H and O–H groups in total. The minimum atomic E-state index is -0.588. The zero-order valence-corrected chi connectivity index (χ0v) is 16.9. The van der Waals surface area contributed by atoms with Crippen LogP contribution in [0.5, 0.6) is 0 Å². The predicted molar refractivity (Wildman–Crippen MR) is 117 cm³/mol. The number of rotatable bonds is 8. The zero-order chi connectivity index (χ0) is 21.5. The summed E-state index contributed by atoms with van der Waals surface area (Å²) < 4.78 is 11.8. The molecule has 3 aromatic rings. The van der Waals surface area contributed by atoms with Crippen LogP contribution >= 0.6 is 11.3 Å². The predicted octanol–water partition coefficient (Wildman–Crippen LogP) is 3.19. The zero-order valence-electron chi connectivity index (χ0n) is 16.1. The van der Waals surface area contributed by atoms with Crippen LogP contribution < -0.4 is 5.43 Å². The molecule has 0 unspecified atom stereocenters. The Morgan fingerprint density at radius 3 is 2.50 bits per heavy atom. The first-order valence-corrected chi connectivity index (χ1v) is 9.99. The number of hydrogen-bond donors (Lipinski definition) is 0. The van der Waals surface area contributed by atoms with E-state index in [1.807, 2.05) is 18.2 Å². The van der Waals surface area contributed by atoms with Crippen molar-refractivity contribution in [2.45, 2.75) is 0 Å². The van der Waals surface area contributed by atoms with Crippen molar-refractivity contribution >= 4 is 43.4 Å². The minimum Gasteiger partial charge on any atom is -0.461 e. The Bertz CT molecular complexity index is 1210. The summed E-state index contributed by atoms with van der Waals surface area (Å²) in [5, 5.41) is 0.930. The van der Waals surface area contributed by atoms with Crippen molar-refractivity contribution in [2.75, 3.05) is 26.3 Å². The number of benzene rings is 2. The first kappa shape index (κ1) is 21.1. The Morgan fingerprint density at radius 1 is 1.07 bits per heavy atom. The van der Waals surface area contributed by atoms with Gasteiger partial charge in [0.2, 0.25) is 0 Å². The highest BCUT2D eigenvalue weighted by molar-refractivity contribution is 7.24. The highest BCUT2D eigenvalue weighted by Gasteiger charge is 2.16. The summed E-state index contributed by atoms with van der Waals surface area (Å²) in [7, 11) is 0. The standard InChI is InChI=1S/C23H19NO5S/c1-3-20(25)28-14-12-24(4-2)13-15-29-23(27)17-9-7-11-19-21(17)22(26)16-8-5-6-10-18(16)30-19/h2-3,5-11H,1,12-15H2. The van der Waals surface area contributed by atoms with Crippen LogP contribution in [0.2, 0.25) is 0 Å². The van der Waals surface area contributed by atoms with E-state index in [1.54, 1.807) is 24.3 Å². The molecule has 0 spiro atoms. The monoisotopic (exact) mass is 421 g/mol. The molecule has 30 heavy (non-hydrogen) atoms. The van der Waals surface area contributed by atoms with Crippen molar-refractivity contribution in [3.8, 4) is 12.5 Å². The third-order valence-corrected chi connectivity index (χ3v) is 5.51. The fraction of sp³-hybridized carbons (Fsp3) is 0.174. The van der Waals surface area contributed by atoms with Crippen molar-refractivity contribution in [2.24, 2.45) is 0 Å². The largest absolute Gasteiger partial charge is 0.461 e. The molecular weight excluding hydrogens is 402 g/mol. The van der Waals surface area contributed by atoms with E-state index < -0.39 is 11.9 Å². The van der Waals surface area contributed by atoms with E-state index in [0.29, 0.717) is 17.3 Å². The molecule has 0 aliphatic rings. The SMILES string of the molecule is C#CN(CCOC(=O)C=C)CCOC(=O)c1cccc2sc3ccccc3c(=O)c12. The first-order chi connectivity index (χ1) is 14.5. The molecule has 0 atom stereocenters. The molecule has 0 amide bonds. The van der Waals surface area contributed by atoms with Gasteiger partial charge < -0.3 is 14.4 Å². The first-order valence-electron chi connectivity index (χ1n) is 9.17. The summed E-state index contributed by atoms with van der Waals surface area (Å²) in [6.45, 7) is 3.99. The van der Waals surface area contributed by atoms with Crippen LogP contribution in [0.25, 0.3) is 20.2 Å². The third-order valence-electron chi connectivity index (χ3n) is 4.37. The van der Waals surface area contributed by atoms with Crippen LogP contribution in [0.3, 0.4) is 0 Å². The summed E-state index contributed by atoms with van der Waals surface area (Å²) >= 11 is 1.45. The maximum atomic E-state index is 13.0. The summed E-state index contributed by atoms with van der Waals surface area (Å²) in [5.74, 6) is -1.12. The topological polar surface area (TPSA) is 72.9 Å². The number of hydrogen-bond acceptors (Lipinski definition) is 7. The summed E-state index contributed by atoms with van der Waals surface area (Å²) in [6, 6.07) is 14.9. The summed E-state index contributed by atoms with van der Waals surface area (Å²) in [4.78, 5) is 38.2. The Labute approximate surface area is 177 Å². The lowest BCUT2D eigenvalue weighted by Gasteiger charge is -2.17. The van der Waals surface area contributed by atoms with E-state index in [2.05, 4.69) is 12.6 Å². The lowest BCUT2D eigenvalue weighted by Crippen LogP contribution is -2.28. The average Bonchev–Trinajstić information content (AvgIpc) is 2.77. The second-order valence-corrected chi connectivity index (χ2v) is 7.31. The number of esters is 2. The van der Waals surface area contributed by atoms with Gasteiger partial charge in [0.15, 0.2) is 5.43 Å². The minimum absolute atomic E-state index is 0.0278. The van der Waals surface area contributed by atoms with Gasteiger partial charge in [-0.2, -0.15) is 0 Å².